The lowest BCUT2D eigenvalue weighted by molar-refractivity contribution is -0.127. The second kappa shape index (κ2) is 7.46. The first-order valence-corrected chi connectivity index (χ1v) is 6.59. The summed E-state index contributed by atoms with van der Waals surface area (Å²) >= 11 is 0. The van der Waals surface area contributed by atoms with Gasteiger partial charge in [0.15, 0.2) is 0 Å². The first-order valence-electron chi connectivity index (χ1n) is 6.59. The number of ketones is 1. The van der Waals surface area contributed by atoms with E-state index in [1.54, 1.807) is 0 Å². The Balaban J connectivity index is 4.03. The van der Waals surface area contributed by atoms with E-state index in [-0.39, 0.29) is 29.7 Å². The van der Waals surface area contributed by atoms with Crippen LogP contribution in [-0.4, -0.2) is 17.7 Å². The third-order valence-corrected chi connectivity index (χ3v) is 2.97. The predicted octanol–water partition coefficient (Wildman–Crippen LogP) is 2.79. The van der Waals surface area contributed by atoms with Crippen LogP contribution in [0.2, 0.25) is 0 Å². The zero-order valence-corrected chi connectivity index (χ0v) is 12.0. The van der Waals surface area contributed by atoms with Crippen molar-refractivity contribution in [2.75, 3.05) is 0 Å². The van der Waals surface area contributed by atoms with Gasteiger partial charge in [0.2, 0.25) is 5.91 Å². The standard InChI is InChI=1S/C14H27NO2/c1-9(2)13(16)11(5)7-8-12(6)14(17)15-10(3)4/h9-12H,7-8H2,1-6H3,(H,15,17). The van der Waals surface area contributed by atoms with Crippen molar-refractivity contribution in [1.82, 2.24) is 5.32 Å². The fraction of sp³-hybridized carbons (Fsp3) is 0.857. The number of amides is 1. The third kappa shape index (κ3) is 6.44. The lowest BCUT2D eigenvalue weighted by Gasteiger charge is -2.17. The van der Waals surface area contributed by atoms with Crippen LogP contribution in [0.1, 0.15) is 54.4 Å². The van der Waals surface area contributed by atoms with Crippen molar-refractivity contribution < 1.29 is 9.59 Å². The maximum Gasteiger partial charge on any atom is 0.223 e. The fourth-order valence-electron chi connectivity index (χ4n) is 1.77. The fourth-order valence-corrected chi connectivity index (χ4v) is 1.77. The van der Waals surface area contributed by atoms with E-state index in [9.17, 15) is 9.59 Å². The SMILES string of the molecule is CC(C)NC(=O)C(C)CCC(C)C(=O)C(C)C. The predicted molar refractivity (Wildman–Crippen MR) is 70.7 cm³/mol. The molecule has 0 aliphatic heterocycles. The highest BCUT2D eigenvalue weighted by Gasteiger charge is 2.19. The summed E-state index contributed by atoms with van der Waals surface area (Å²) in [6.45, 7) is 11.6. The minimum absolute atomic E-state index is 0.0141. The van der Waals surface area contributed by atoms with E-state index in [2.05, 4.69) is 5.32 Å². The van der Waals surface area contributed by atoms with Gasteiger partial charge in [-0.05, 0) is 26.7 Å². The Morgan fingerprint density at radius 3 is 1.76 bits per heavy atom. The Kier molecular flexibility index (Phi) is 7.09. The van der Waals surface area contributed by atoms with E-state index in [4.69, 9.17) is 0 Å². The molecule has 2 atom stereocenters. The number of Topliss-reactive ketones (excluding diaryl/α,β-unsaturated/α-hetero) is 1. The molecule has 0 fully saturated rings. The number of carbonyl (C=O) groups is 2. The van der Waals surface area contributed by atoms with Crippen molar-refractivity contribution >= 4 is 11.7 Å². The molecule has 3 heteroatoms. The monoisotopic (exact) mass is 241 g/mol. The van der Waals surface area contributed by atoms with Gasteiger partial charge in [-0.1, -0.05) is 27.7 Å². The molecule has 0 bridgehead atoms. The van der Waals surface area contributed by atoms with E-state index in [1.807, 2.05) is 41.5 Å². The van der Waals surface area contributed by atoms with Gasteiger partial charge in [-0.25, -0.2) is 0 Å². The Morgan fingerprint density at radius 2 is 1.35 bits per heavy atom. The number of nitrogens with one attached hydrogen (secondary N) is 1. The average molecular weight is 241 g/mol. The Labute approximate surface area is 105 Å². The highest BCUT2D eigenvalue weighted by atomic mass is 16.2. The van der Waals surface area contributed by atoms with Crippen molar-refractivity contribution in [3.8, 4) is 0 Å². The van der Waals surface area contributed by atoms with E-state index < -0.39 is 0 Å². The van der Waals surface area contributed by atoms with Gasteiger partial charge in [0, 0.05) is 23.8 Å². The van der Waals surface area contributed by atoms with Crippen molar-refractivity contribution in [3.05, 3.63) is 0 Å². The number of hydrogen-bond acceptors (Lipinski definition) is 2. The molecule has 17 heavy (non-hydrogen) atoms. The van der Waals surface area contributed by atoms with E-state index >= 15 is 0 Å². The largest absolute Gasteiger partial charge is 0.354 e. The van der Waals surface area contributed by atoms with Crippen LogP contribution in [-0.2, 0) is 9.59 Å². The van der Waals surface area contributed by atoms with Gasteiger partial charge in [0.25, 0.3) is 0 Å². The molecule has 0 aliphatic rings. The van der Waals surface area contributed by atoms with Crippen LogP contribution in [0.4, 0.5) is 0 Å². The minimum Gasteiger partial charge on any atom is -0.354 e. The molecule has 0 heterocycles. The Bertz CT molecular complexity index is 259. The quantitative estimate of drug-likeness (QED) is 0.745. The summed E-state index contributed by atoms with van der Waals surface area (Å²) < 4.78 is 0. The minimum atomic E-state index is -0.0141. The molecule has 2 unspecified atom stereocenters. The summed E-state index contributed by atoms with van der Waals surface area (Å²) in [7, 11) is 0. The van der Waals surface area contributed by atoms with Crippen LogP contribution in [0, 0.1) is 17.8 Å². The van der Waals surface area contributed by atoms with Crippen LogP contribution in [0.15, 0.2) is 0 Å². The number of carbonyl (C=O) groups excluding carboxylic acids is 2. The second-order valence-electron chi connectivity index (χ2n) is 5.60. The summed E-state index contributed by atoms with van der Waals surface area (Å²) in [5, 5.41) is 2.89. The van der Waals surface area contributed by atoms with Crippen molar-refractivity contribution in [3.63, 3.8) is 0 Å². The van der Waals surface area contributed by atoms with Gasteiger partial charge >= 0.3 is 0 Å². The molecule has 0 rings (SSSR count). The average Bonchev–Trinajstić information content (AvgIpc) is 2.22. The van der Waals surface area contributed by atoms with E-state index in [1.165, 1.54) is 0 Å². The maximum absolute atomic E-state index is 11.7. The highest BCUT2D eigenvalue weighted by Crippen LogP contribution is 2.16. The van der Waals surface area contributed by atoms with Crippen LogP contribution < -0.4 is 5.32 Å². The molecular weight excluding hydrogens is 214 g/mol. The lowest BCUT2D eigenvalue weighted by atomic mass is 9.90. The molecule has 0 aromatic heterocycles. The summed E-state index contributed by atoms with van der Waals surface area (Å²) in [5.41, 5.74) is 0. The molecule has 0 spiro atoms. The Hall–Kier alpha value is -0.860. The van der Waals surface area contributed by atoms with Crippen LogP contribution in [0.3, 0.4) is 0 Å². The van der Waals surface area contributed by atoms with Gasteiger partial charge in [0.1, 0.15) is 5.78 Å². The molecule has 0 radical (unpaired) electrons. The van der Waals surface area contributed by atoms with Crippen molar-refractivity contribution in [1.29, 1.82) is 0 Å². The first kappa shape index (κ1) is 16.1. The lowest BCUT2D eigenvalue weighted by Crippen LogP contribution is -2.34. The summed E-state index contributed by atoms with van der Waals surface area (Å²) in [6.07, 6.45) is 1.57. The van der Waals surface area contributed by atoms with Crippen LogP contribution in [0.25, 0.3) is 0 Å². The molecule has 1 N–H and O–H groups in total. The number of hydrogen-bond donors (Lipinski definition) is 1. The molecule has 0 aromatic rings. The number of rotatable bonds is 7. The van der Waals surface area contributed by atoms with Gasteiger partial charge < -0.3 is 5.32 Å². The molecule has 0 aromatic carbocycles. The van der Waals surface area contributed by atoms with Gasteiger partial charge in [-0.3, -0.25) is 9.59 Å². The zero-order valence-electron chi connectivity index (χ0n) is 12.0. The summed E-state index contributed by atoms with van der Waals surface area (Å²) in [5.74, 6) is 0.513. The molecule has 100 valence electrons. The zero-order chi connectivity index (χ0) is 13.6. The van der Waals surface area contributed by atoms with Crippen molar-refractivity contribution in [2.24, 2.45) is 17.8 Å². The topological polar surface area (TPSA) is 46.2 Å². The smallest absolute Gasteiger partial charge is 0.223 e. The van der Waals surface area contributed by atoms with E-state index in [0.717, 1.165) is 12.8 Å². The second-order valence-corrected chi connectivity index (χ2v) is 5.60. The van der Waals surface area contributed by atoms with E-state index in [0.29, 0.717) is 5.78 Å². The molecule has 0 saturated carbocycles. The highest BCUT2D eigenvalue weighted by molar-refractivity contribution is 5.82. The molecular formula is C14H27NO2. The normalized spacial score (nSPS) is 14.8. The van der Waals surface area contributed by atoms with Gasteiger partial charge in [-0.2, -0.15) is 0 Å². The third-order valence-electron chi connectivity index (χ3n) is 2.97. The summed E-state index contributed by atoms with van der Waals surface area (Å²) in [4.78, 5) is 23.4. The van der Waals surface area contributed by atoms with Gasteiger partial charge in [-0.15, -0.1) is 0 Å². The first-order chi connectivity index (χ1) is 7.75. The molecule has 0 saturated heterocycles. The maximum atomic E-state index is 11.7. The summed E-state index contributed by atoms with van der Waals surface area (Å²) in [6, 6.07) is 0.180. The molecule has 0 aliphatic carbocycles. The van der Waals surface area contributed by atoms with Crippen LogP contribution >= 0.6 is 0 Å². The Morgan fingerprint density at radius 1 is 0.882 bits per heavy atom. The van der Waals surface area contributed by atoms with Crippen LogP contribution in [0.5, 0.6) is 0 Å². The molecule has 1 amide bonds. The molecule has 3 nitrogen and oxygen atoms in total. The van der Waals surface area contributed by atoms with Crippen molar-refractivity contribution in [2.45, 2.75) is 60.4 Å². The van der Waals surface area contributed by atoms with Gasteiger partial charge in [0.05, 0.1) is 0 Å².